The fourth-order valence-electron chi connectivity index (χ4n) is 4.05. The highest BCUT2D eigenvalue weighted by Gasteiger charge is 2.55. The molecule has 2 amide bonds. The number of hydrogen-bond donors (Lipinski definition) is 0. The van der Waals surface area contributed by atoms with E-state index in [1.165, 1.54) is 0 Å². The van der Waals surface area contributed by atoms with Gasteiger partial charge in [-0.15, -0.1) is 0 Å². The van der Waals surface area contributed by atoms with Crippen molar-refractivity contribution >= 4 is 11.8 Å². The van der Waals surface area contributed by atoms with E-state index in [0.29, 0.717) is 38.8 Å². The molecule has 2 saturated heterocycles. The van der Waals surface area contributed by atoms with Crippen molar-refractivity contribution in [2.45, 2.75) is 31.2 Å². The lowest BCUT2D eigenvalue weighted by atomic mass is 9.82. The smallest absolute Gasteiger partial charge is 0.243 e. The molecule has 7 heteroatoms. The molecule has 3 fully saturated rings. The van der Waals surface area contributed by atoms with Crippen molar-refractivity contribution in [3.63, 3.8) is 0 Å². The summed E-state index contributed by atoms with van der Waals surface area (Å²) in [6.45, 7) is 4.39. The van der Waals surface area contributed by atoms with E-state index in [1.807, 2.05) is 26.0 Å². The fourth-order valence-corrected chi connectivity index (χ4v) is 4.05. The zero-order chi connectivity index (χ0) is 18.2. The Morgan fingerprint density at radius 2 is 1.80 bits per heavy atom. The molecule has 1 aliphatic carbocycles. The summed E-state index contributed by atoms with van der Waals surface area (Å²) in [4.78, 5) is 33.8. The molecule has 0 aromatic carbocycles. The van der Waals surface area contributed by atoms with Crippen LogP contribution in [0.15, 0.2) is 0 Å². The van der Waals surface area contributed by atoms with Gasteiger partial charge in [0.2, 0.25) is 11.8 Å². The van der Waals surface area contributed by atoms with E-state index >= 15 is 0 Å². The minimum absolute atomic E-state index is 0.0276. The van der Waals surface area contributed by atoms with Crippen LogP contribution < -0.4 is 0 Å². The summed E-state index contributed by atoms with van der Waals surface area (Å²) in [5.41, 5.74) is -1.24. The van der Waals surface area contributed by atoms with Crippen LogP contribution in [0.5, 0.6) is 0 Å². The summed E-state index contributed by atoms with van der Waals surface area (Å²) in [6, 6.07) is 2.19. The Balaban J connectivity index is 1.66. The SMILES string of the molecule is CN(C)CCN1CCN(C)C2(CCN(C(=O)C3(C#N)CC3)CC2)C1=O. The predicted octanol–water partition coefficient (Wildman–Crippen LogP) is -0.0130. The molecule has 2 heterocycles. The van der Waals surface area contributed by atoms with E-state index in [0.717, 1.165) is 26.2 Å². The van der Waals surface area contributed by atoms with E-state index in [2.05, 4.69) is 15.9 Å². The van der Waals surface area contributed by atoms with Crippen molar-refractivity contribution in [1.82, 2.24) is 19.6 Å². The van der Waals surface area contributed by atoms with Gasteiger partial charge in [0.05, 0.1) is 6.07 Å². The lowest BCUT2D eigenvalue weighted by Gasteiger charge is -2.51. The van der Waals surface area contributed by atoms with Gasteiger partial charge in [-0.25, -0.2) is 0 Å². The molecule has 0 unspecified atom stereocenters. The predicted molar refractivity (Wildman–Crippen MR) is 93.6 cm³/mol. The summed E-state index contributed by atoms with van der Waals surface area (Å²) in [7, 11) is 6.06. The molecule has 25 heavy (non-hydrogen) atoms. The van der Waals surface area contributed by atoms with Gasteiger partial charge >= 0.3 is 0 Å². The van der Waals surface area contributed by atoms with Crippen molar-refractivity contribution in [1.29, 1.82) is 5.26 Å². The first kappa shape index (κ1) is 18.2. The number of nitrogens with zero attached hydrogens (tertiary/aromatic N) is 5. The molecule has 0 N–H and O–H groups in total. The van der Waals surface area contributed by atoms with E-state index in [4.69, 9.17) is 0 Å². The second kappa shape index (κ2) is 6.58. The number of likely N-dealkylation sites (tertiary alicyclic amines) is 1. The quantitative estimate of drug-likeness (QED) is 0.715. The summed E-state index contributed by atoms with van der Waals surface area (Å²) in [6.07, 6.45) is 2.68. The maximum absolute atomic E-state index is 13.2. The van der Waals surface area contributed by atoms with Gasteiger partial charge in [0, 0.05) is 39.3 Å². The zero-order valence-electron chi connectivity index (χ0n) is 15.6. The van der Waals surface area contributed by atoms with Crippen molar-refractivity contribution < 1.29 is 9.59 Å². The monoisotopic (exact) mass is 347 g/mol. The zero-order valence-corrected chi connectivity index (χ0v) is 15.6. The molecule has 0 bridgehead atoms. The summed E-state index contributed by atoms with van der Waals surface area (Å²) < 4.78 is 0. The van der Waals surface area contributed by atoms with Gasteiger partial charge in [0.15, 0.2) is 0 Å². The van der Waals surface area contributed by atoms with Crippen LogP contribution in [0.1, 0.15) is 25.7 Å². The summed E-state index contributed by atoms with van der Waals surface area (Å²) >= 11 is 0. The molecule has 1 saturated carbocycles. The Morgan fingerprint density at radius 3 is 2.32 bits per heavy atom. The number of hydrogen-bond acceptors (Lipinski definition) is 5. The molecule has 1 spiro atoms. The lowest BCUT2D eigenvalue weighted by Crippen LogP contribution is -2.68. The Morgan fingerprint density at radius 1 is 1.16 bits per heavy atom. The third-order valence-electron chi connectivity index (χ3n) is 6.19. The maximum atomic E-state index is 13.2. The molecule has 3 aliphatic rings. The minimum atomic E-state index is -0.759. The summed E-state index contributed by atoms with van der Waals surface area (Å²) in [5.74, 6) is 0.178. The lowest BCUT2D eigenvalue weighted by molar-refractivity contribution is -0.157. The average Bonchev–Trinajstić information content (AvgIpc) is 3.40. The maximum Gasteiger partial charge on any atom is 0.243 e. The third-order valence-corrected chi connectivity index (χ3v) is 6.19. The molecule has 3 rings (SSSR count). The Labute approximate surface area is 150 Å². The van der Waals surface area contributed by atoms with Gasteiger partial charge < -0.3 is 14.7 Å². The number of piperazine rings is 1. The molecule has 138 valence electrons. The number of rotatable bonds is 4. The van der Waals surface area contributed by atoms with Crippen molar-refractivity contribution in [2.75, 3.05) is 60.4 Å². The van der Waals surface area contributed by atoms with Crippen LogP contribution >= 0.6 is 0 Å². The first-order valence-electron chi connectivity index (χ1n) is 9.21. The Hall–Kier alpha value is -1.65. The number of amides is 2. The van der Waals surface area contributed by atoms with Gasteiger partial charge in [0.25, 0.3) is 0 Å². The normalized spacial score (nSPS) is 25.3. The first-order chi connectivity index (χ1) is 11.8. The molecular weight excluding hydrogens is 318 g/mol. The molecule has 0 atom stereocenters. The van der Waals surface area contributed by atoms with E-state index in [9.17, 15) is 14.9 Å². The molecule has 7 nitrogen and oxygen atoms in total. The second-order valence-electron chi connectivity index (χ2n) is 8.03. The van der Waals surface area contributed by atoms with Crippen molar-refractivity contribution in [3.8, 4) is 6.07 Å². The number of carbonyl (C=O) groups excluding carboxylic acids is 2. The van der Waals surface area contributed by atoms with Crippen LogP contribution in [-0.4, -0.2) is 97.4 Å². The molecular formula is C18H29N5O2. The van der Waals surface area contributed by atoms with E-state index in [1.54, 1.807) is 4.90 Å². The fraction of sp³-hybridized carbons (Fsp3) is 0.833. The standard InChI is InChI=1S/C18H29N5O2/c1-20(2)10-12-23-13-11-21(3)18(16(23)25)6-8-22(9-7-18)15(24)17(14-19)4-5-17/h4-13H2,1-3H3. The Bertz CT molecular complexity index is 585. The highest BCUT2D eigenvalue weighted by molar-refractivity contribution is 5.90. The summed E-state index contributed by atoms with van der Waals surface area (Å²) in [5, 5.41) is 9.25. The van der Waals surface area contributed by atoms with Gasteiger partial charge in [-0.2, -0.15) is 5.26 Å². The molecule has 0 aromatic heterocycles. The van der Waals surface area contributed by atoms with Gasteiger partial charge in [-0.1, -0.05) is 0 Å². The largest absolute Gasteiger partial charge is 0.341 e. The van der Waals surface area contributed by atoms with Crippen LogP contribution in [0.4, 0.5) is 0 Å². The van der Waals surface area contributed by atoms with Gasteiger partial charge in [-0.05, 0) is 46.8 Å². The van der Waals surface area contributed by atoms with Gasteiger partial charge in [-0.3, -0.25) is 14.5 Å². The number of nitriles is 1. The third kappa shape index (κ3) is 3.13. The number of carbonyl (C=O) groups is 2. The molecule has 2 aliphatic heterocycles. The van der Waals surface area contributed by atoms with Crippen molar-refractivity contribution in [3.05, 3.63) is 0 Å². The first-order valence-corrected chi connectivity index (χ1v) is 9.21. The van der Waals surface area contributed by atoms with Crippen LogP contribution in [0.3, 0.4) is 0 Å². The number of likely N-dealkylation sites (N-methyl/N-ethyl adjacent to an activating group) is 2. The van der Waals surface area contributed by atoms with Crippen molar-refractivity contribution in [2.24, 2.45) is 5.41 Å². The minimum Gasteiger partial charge on any atom is -0.341 e. The molecule has 0 aromatic rings. The van der Waals surface area contributed by atoms with Crippen LogP contribution in [-0.2, 0) is 9.59 Å². The van der Waals surface area contributed by atoms with Crippen LogP contribution in [0.25, 0.3) is 0 Å². The van der Waals surface area contributed by atoms with E-state index < -0.39 is 11.0 Å². The topological polar surface area (TPSA) is 70.9 Å². The Kier molecular flexibility index (Phi) is 4.78. The average molecular weight is 347 g/mol. The van der Waals surface area contributed by atoms with Gasteiger partial charge in [0.1, 0.15) is 11.0 Å². The highest BCUT2D eigenvalue weighted by Crippen LogP contribution is 2.47. The number of piperidine rings is 1. The second-order valence-corrected chi connectivity index (χ2v) is 8.03. The van der Waals surface area contributed by atoms with Crippen LogP contribution in [0.2, 0.25) is 0 Å². The van der Waals surface area contributed by atoms with E-state index in [-0.39, 0.29) is 11.8 Å². The van der Waals surface area contributed by atoms with Crippen LogP contribution in [0, 0.1) is 16.7 Å². The highest BCUT2D eigenvalue weighted by atomic mass is 16.2. The molecule has 0 radical (unpaired) electrons.